The van der Waals surface area contributed by atoms with Gasteiger partial charge in [0.05, 0.1) is 37.8 Å². The van der Waals surface area contributed by atoms with Crippen molar-refractivity contribution < 1.29 is 55.7 Å². The van der Waals surface area contributed by atoms with Crippen LogP contribution in [0.15, 0.2) is 36.5 Å². The lowest BCUT2D eigenvalue weighted by Gasteiger charge is -2.37. The number of nitrogens with one attached hydrogen (secondary N) is 1. The molecule has 0 radical (unpaired) electrons. The van der Waals surface area contributed by atoms with E-state index in [2.05, 4.69) is 15.0 Å². The molecular weight excluding hydrogens is 737 g/mol. The first kappa shape index (κ1) is 45.5. The van der Waals surface area contributed by atoms with E-state index >= 15 is 0 Å². The number of aryl methyl sites for hydroxylation is 1. The molecule has 0 aliphatic carbocycles. The molecule has 1 aromatic heterocycles. The van der Waals surface area contributed by atoms with E-state index in [9.17, 15) is 36.3 Å². The van der Waals surface area contributed by atoms with Gasteiger partial charge in [0.2, 0.25) is 11.7 Å². The topological polar surface area (TPSA) is 193 Å². The highest BCUT2D eigenvalue weighted by Gasteiger charge is 2.38. The first-order valence-corrected chi connectivity index (χ1v) is 16.8. The molecule has 2 aromatic carbocycles. The third-order valence-electron chi connectivity index (χ3n) is 8.51. The summed E-state index contributed by atoms with van der Waals surface area (Å²) in [5.74, 6) is -4.67. The number of nitriles is 1. The zero-order valence-electron chi connectivity index (χ0n) is 31.0. The zero-order chi connectivity index (χ0) is 41.5. The highest BCUT2D eigenvalue weighted by atomic mass is 19.4. The molecule has 3 aromatic rings. The number of aldehydes is 1. The highest BCUT2D eigenvalue weighted by molar-refractivity contribution is 5.96. The normalized spacial score (nSPS) is 15.4. The van der Waals surface area contributed by atoms with E-state index in [1.807, 2.05) is 42.0 Å². The number of nitrogens with zero attached hydrogens (tertiary/aromatic N) is 5. The maximum atomic E-state index is 13.8. The van der Waals surface area contributed by atoms with E-state index in [0.29, 0.717) is 64.2 Å². The summed E-state index contributed by atoms with van der Waals surface area (Å²) in [6.45, 7) is 6.81. The minimum Gasteiger partial charge on any atom is -0.494 e. The summed E-state index contributed by atoms with van der Waals surface area (Å²) in [5.41, 5.74) is 8.70. The summed E-state index contributed by atoms with van der Waals surface area (Å²) < 4.78 is 70.8. The number of carboxylic acids is 1. The number of aliphatic carboxylic acids is 1. The molecule has 2 aliphatic heterocycles. The number of ether oxygens (including phenoxy) is 2. The summed E-state index contributed by atoms with van der Waals surface area (Å²) in [6, 6.07) is 10.2. The number of carboxylic acid groups (broad SMARTS) is 1. The van der Waals surface area contributed by atoms with Gasteiger partial charge >= 0.3 is 12.1 Å². The minimum absolute atomic E-state index is 0.0154. The Morgan fingerprint density at radius 1 is 1.13 bits per heavy atom. The Morgan fingerprint density at radius 3 is 2.24 bits per heavy atom. The predicted octanol–water partition coefficient (Wildman–Crippen LogP) is 4.42. The van der Waals surface area contributed by atoms with Gasteiger partial charge in [0.25, 0.3) is 5.91 Å². The largest absolute Gasteiger partial charge is 0.494 e. The molecule has 2 aliphatic rings. The molecule has 5 rings (SSSR count). The van der Waals surface area contributed by atoms with Gasteiger partial charge in [-0.25, -0.2) is 14.2 Å². The van der Waals surface area contributed by atoms with Crippen LogP contribution < -0.4 is 15.8 Å². The second kappa shape index (κ2) is 21.3. The van der Waals surface area contributed by atoms with Gasteiger partial charge in [0.15, 0.2) is 23.7 Å². The summed E-state index contributed by atoms with van der Waals surface area (Å²) in [4.78, 5) is 52.8. The lowest BCUT2D eigenvalue weighted by Crippen LogP contribution is -2.51. The van der Waals surface area contributed by atoms with Crippen molar-refractivity contribution in [2.24, 2.45) is 18.7 Å². The van der Waals surface area contributed by atoms with Crippen LogP contribution in [0.4, 0.5) is 27.6 Å². The summed E-state index contributed by atoms with van der Waals surface area (Å²) in [7, 11) is 4.67. The van der Waals surface area contributed by atoms with E-state index in [4.69, 9.17) is 25.6 Å². The van der Waals surface area contributed by atoms with Gasteiger partial charge in [-0.05, 0) is 55.7 Å². The molecule has 2 fully saturated rings. The van der Waals surface area contributed by atoms with Crippen LogP contribution in [0, 0.1) is 35.8 Å². The third-order valence-corrected chi connectivity index (χ3v) is 8.51. The van der Waals surface area contributed by atoms with Gasteiger partial charge in [-0.15, -0.1) is 0 Å². The Hall–Kier alpha value is -5.61. The standard InChI is InChI=1S/C20H30N4O3.C12H10F2N2O2.C2HF3O2.C2H3N/c1-14-11-16(22-2)3-4-18(14)20(26)23-7-5-15(6-8-23)19(25)24-9-10-27-17(12-21)13-24;1-16-8(5-15-10(16)6-17)7-3-4-9(18-2)12(14)11(7)13;3-2(4,5)1(6)7;1-2-3/h3-4,11,15,17,22H,5-10,12-13,21H2,1-2H3;3-6H,1-2H3;(H,6,7);1H3/t17-;;;/m0.../s1. The van der Waals surface area contributed by atoms with Gasteiger partial charge in [-0.3, -0.25) is 14.4 Å². The maximum absolute atomic E-state index is 13.8. The van der Waals surface area contributed by atoms with E-state index in [1.54, 1.807) is 13.1 Å². The summed E-state index contributed by atoms with van der Waals surface area (Å²) >= 11 is 0. The van der Waals surface area contributed by atoms with Crippen molar-refractivity contribution in [1.82, 2.24) is 19.4 Å². The number of nitrogens with two attached hydrogens (primary N) is 1. The quantitative estimate of drug-likeness (QED) is 0.227. The number of methoxy groups -OCH3 is 1. The Kier molecular flexibility index (Phi) is 17.7. The first-order valence-electron chi connectivity index (χ1n) is 16.8. The molecular formula is C36H44F5N7O7. The average molecular weight is 782 g/mol. The number of halogens is 5. The van der Waals surface area contributed by atoms with Gasteiger partial charge in [0.1, 0.15) is 0 Å². The molecule has 4 N–H and O–H groups in total. The average Bonchev–Trinajstić information content (AvgIpc) is 3.55. The zero-order valence-corrected chi connectivity index (χ0v) is 31.0. The van der Waals surface area contributed by atoms with Crippen LogP contribution >= 0.6 is 0 Å². The second-order valence-corrected chi connectivity index (χ2v) is 12.0. The molecule has 0 bridgehead atoms. The van der Waals surface area contributed by atoms with Crippen LogP contribution in [-0.4, -0.2) is 114 Å². The minimum atomic E-state index is -5.08. The number of carbonyl (C=O) groups excluding carboxylic acids is 3. The van der Waals surface area contributed by atoms with E-state index in [1.165, 1.54) is 36.9 Å². The monoisotopic (exact) mass is 781 g/mol. The molecule has 2 saturated heterocycles. The lowest BCUT2D eigenvalue weighted by molar-refractivity contribution is -0.192. The number of carbonyl (C=O) groups is 4. The van der Waals surface area contributed by atoms with E-state index in [-0.39, 0.29) is 41.0 Å². The number of likely N-dealkylation sites (tertiary alicyclic amines) is 1. The molecule has 0 spiro atoms. The number of anilines is 1. The van der Waals surface area contributed by atoms with E-state index < -0.39 is 23.8 Å². The molecule has 300 valence electrons. The number of benzene rings is 2. The summed E-state index contributed by atoms with van der Waals surface area (Å²) in [6.07, 6.45) is -1.87. The first-order chi connectivity index (χ1) is 26.0. The molecule has 19 heteroatoms. The Labute approximate surface area is 314 Å². The van der Waals surface area contributed by atoms with Gasteiger partial charge in [0, 0.05) is 76.5 Å². The molecule has 2 amide bonds. The predicted molar refractivity (Wildman–Crippen MR) is 190 cm³/mol. The van der Waals surface area contributed by atoms with Crippen LogP contribution in [-0.2, 0) is 21.4 Å². The number of hydrogen-bond donors (Lipinski definition) is 3. The van der Waals surface area contributed by atoms with Crippen LogP contribution in [0.25, 0.3) is 11.3 Å². The molecule has 1 atom stereocenters. The van der Waals surface area contributed by atoms with Crippen molar-refractivity contribution >= 4 is 29.8 Å². The molecule has 0 unspecified atom stereocenters. The second-order valence-electron chi connectivity index (χ2n) is 12.0. The van der Waals surface area contributed by atoms with Crippen molar-refractivity contribution in [2.45, 2.75) is 39.0 Å². The van der Waals surface area contributed by atoms with Crippen molar-refractivity contribution in [3.05, 3.63) is 65.1 Å². The van der Waals surface area contributed by atoms with Crippen LogP contribution in [0.2, 0.25) is 0 Å². The Bertz CT molecular complexity index is 1820. The molecule has 14 nitrogen and oxygen atoms in total. The highest BCUT2D eigenvalue weighted by Crippen LogP contribution is 2.30. The number of aromatic nitrogens is 2. The molecule has 55 heavy (non-hydrogen) atoms. The number of hydrogen-bond acceptors (Lipinski definition) is 10. The third kappa shape index (κ3) is 12.5. The van der Waals surface area contributed by atoms with Crippen LogP contribution in [0.3, 0.4) is 0 Å². The van der Waals surface area contributed by atoms with Crippen molar-refractivity contribution in [2.75, 3.05) is 58.8 Å². The summed E-state index contributed by atoms with van der Waals surface area (Å²) in [5, 5.41) is 17.5. The number of piperidine rings is 1. The van der Waals surface area contributed by atoms with Crippen LogP contribution in [0.5, 0.6) is 5.75 Å². The number of imidazole rings is 1. The fourth-order valence-corrected chi connectivity index (χ4v) is 5.55. The lowest BCUT2D eigenvalue weighted by atomic mass is 9.94. The van der Waals surface area contributed by atoms with Crippen molar-refractivity contribution in [3.63, 3.8) is 0 Å². The van der Waals surface area contributed by atoms with Gasteiger partial charge in [-0.2, -0.15) is 22.8 Å². The van der Waals surface area contributed by atoms with Crippen molar-refractivity contribution in [1.29, 1.82) is 5.26 Å². The number of amides is 2. The fraction of sp³-hybridized carbons (Fsp3) is 0.444. The number of alkyl halides is 3. The van der Waals surface area contributed by atoms with E-state index in [0.717, 1.165) is 16.8 Å². The molecule has 3 heterocycles. The smallest absolute Gasteiger partial charge is 0.490 e. The molecule has 0 saturated carbocycles. The van der Waals surface area contributed by atoms with Gasteiger partial charge in [-0.1, -0.05) is 0 Å². The van der Waals surface area contributed by atoms with Gasteiger partial charge < -0.3 is 40.0 Å². The van der Waals surface area contributed by atoms with Crippen molar-refractivity contribution in [3.8, 4) is 23.1 Å². The maximum Gasteiger partial charge on any atom is 0.490 e. The number of morpholine rings is 1. The fourth-order valence-electron chi connectivity index (χ4n) is 5.55. The Morgan fingerprint density at radius 2 is 1.75 bits per heavy atom. The SMILES string of the molecule is CC#N.CNc1ccc(C(=O)N2CCC(C(=O)N3CCO[C@@H](CN)C3)CC2)c(C)c1.COc1ccc(-c2cnc(C=O)n2C)c(F)c1F.O=C(O)C(F)(F)F. The Balaban J connectivity index is 0.000000320. The number of rotatable bonds is 7. The van der Waals surface area contributed by atoms with Crippen LogP contribution in [0.1, 0.15) is 46.3 Å².